The van der Waals surface area contributed by atoms with Crippen molar-refractivity contribution in [1.29, 1.82) is 0 Å². The van der Waals surface area contributed by atoms with Gasteiger partial charge in [-0.1, -0.05) is 35.7 Å². The average Bonchev–Trinajstić information content (AvgIpc) is 2.59. The monoisotopic (exact) mass is 279 g/mol. The fourth-order valence-electron chi connectivity index (χ4n) is 2.76. The standard InChI is InChI=1S/C15H15Cl2N/c1-9-7-8-11(16)15-13(9)14(17)10-5-3-2-4-6-12(10)18-15/h7-8H,2-6H2,1H3. The Kier molecular flexibility index (Phi) is 3.21. The van der Waals surface area contributed by atoms with Gasteiger partial charge in [-0.25, -0.2) is 0 Å². The van der Waals surface area contributed by atoms with Crippen LogP contribution in [0.3, 0.4) is 0 Å². The summed E-state index contributed by atoms with van der Waals surface area (Å²) >= 11 is 12.9. The minimum atomic E-state index is 0.699. The van der Waals surface area contributed by atoms with Crippen LogP contribution < -0.4 is 0 Å². The zero-order chi connectivity index (χ0) is 12.7. The molecule has 0 fully saturated rings. The molecule has 0 spiro atoms. The molecule has 0 amide bonds. The number of aryl methyl sites for hydroxylation is 2. The second-order valence-electron chi connectivity index (χ2n) is 5.00. The summed E-state index contributed by atoms with van der Waals surface area (Å²) in [4.78, 5) is 4.78. The Balaban J connectivity index is 2.38. The Hall–Kier alpha value is -0.790. The highest BCUT2D eigenvalue weighted by atomic mass is 35.5. The largest absolute Gasteiger partial charge is 0.251 e. The van der Waals surface area contributed by atoms with E-state index in [2.05, 4.69) is 6.92 Å². The van der Waals surface area contributed by atoms with Crippen molar-refractivity contribution < 1.29 is 0 Å². The second kappa shape index (κ2) is 4.71. The van der Waals surface area contributed by atoms with E-state index in [1.165, 1.54) is 24.8 Å². The van der Waals surface area contributed by atoms with Crippen molar-refractivity contribution in [1.82, 2.24) is 4.98 Å². The van der Waals surface area contributed by atoms with E-state index in [1.54, 1.807) is 0 Å². The molecule has 0 atom stereocenters. The first-order valence-corrected chi connectivity index (χ1v) is 7.20. The molecule has 1 heterocycles. The third-order valence-corrected chi connectivity index (χ3v) is 4.48. The SMILES string of the molecule is Cc1ccc(Cl)c2nc3c(c(Cl)c12)CCCCC3. The summed E-state index contributed by atoms with van der Waals surface area (Å²) in [6.07, 6.45) is 5.73. The molecule has 0 aliphatic heterocycles. The van der Waals surface area contributed by atoms with E-state index in [0.717, 1.165) is 40.0 Å². The summed E-state index contributed by atoms with van der Waals surface area (Å²) in [7, 11) is 0. The maximum absolute atomic E-state index is 6.61. The lowest BCUT2D eigenvalue weighted by Gasteiger charge is -2.13. The van der Waals surface area contributed by atoms with E-state index < -0.39 is 0 Å². The van der Waals surface area contributed by atoms with Crippen molar-refractivity contribution in [2.75, 3.05) is 0 Å². The molecule has 3 rings (SSSR count). The molecule has 2 aromatic rings. The van der Waals surface area contributed by atoms with Crippen LogP contribution in [0.5, 0.6) is 0 Å². The molecule has 1 aliphatic carbocycles. The third kappa shape index (κ3) is 1.90. The highest BCUT2D eigenvalue weighted by Gasteiger charge is 2.18. The molecule has 1 nitrogen and oxygen atoms in total. The normalized spacial score (nSPS) is 15.5. The number of fused-ring (bicyclic) bond motifs is 2. The average molecular weight is 280 g/mol. The van der Waals surface area contributed by atoms with Crippen LogP contribution in [0.1, 0.15) is 36.1 Å². The van der Waals surface area contributed by atoms with Crippen molar-refractivity contribution in [2.45, 2.75) is 39.0 Å². The van der Waals surface area contributed by atoms with Gasteiger partial charge in [0.15, 0.2) is 0 Å². The number of pyridine rings is 1. The van der Waals surface area contributed by atoms with Crippen LogP contribution in [0.4, 0.5) is 0 Å². The quantitative estimate of drug-likeness (QED) is 0.610. The predicted molar refractivity (Wildman–Crippen MR) is 77.8 cm³/mol. The van der Waals surface area contributed by atoms with E-state index in [9.17, 15) is 0 Å². The van der Waals surface area contributed by atoms with Gasteiger partial charge in [0.25, 0.3) is 0 Å². The van der Waals surface area contributed by atoms with Crippen molar-refractivity contribution >= 4 is 34.1 Å². The maximum Gasteiger partial charge on any atom is 0.0909 e. The summed E-state index contributed by atoms with van der Waals surface area (Å²) in [6.45, 7) is 2.06. The minimum absolute atomic E-state index is 0.699. The smallest absolute Gasteiger partial charge is 0.0909 e. The molecule has 3 heteroatoms. The highest BCUT2D eigenvalue weighted by molar-refractivity contribution is 6.40. The van der Waals surface area contributed by atoms with Gasteiger partial charge in [0, 0.05) is 11.1 Å². The van der Waals surface area contributed by atoms with Crippen LogP contribution in [-0.2, 0) is 12.8 Å². The molecular formula is C15H15Cl2N. The molecule has 0 radical (unpaired) electrons. The number of nitrogens with zero attached hydrogens (tertiary/aromatic N) is 1. The minimum Gasteiger partial charge on any atom is -0.251 e. The van der Waals surface area contributed by atoms with Gasteiger partial charge in [0.05, 0.1) is 15.6 Å². The number of benzene rings is 1. The first-order chi connectivity index (χ1) is 8.68. The molecular weight excluding hydrogens is 265 g/mol. The molecule has 0 unspecified atom stereocenters. The van der Waals surface area contributed by atoms with Gasteiger partial charge in [-0.2, -0.15) is 0 Å². The second-order valence-corrected chi connectivity index (χ2v) is 5.78. The fraction of sp³-hybridized carbons (Fsp3) is 0.400. The molecule has 1 aromatic heterocycles. The number of halogens is 2. The fourth-order valence-corrected chi connectivity index (χ4v) is 3.41. The van der Waals surface area contributed by atoms with Crippen LogP contribution >= 0.6 is 23.2 Å². The van der Waals surface area contributed by atoms with Gasteiger partial charge < -0.3 is 0 Å². The van der Waals surface area contributed by atoms with E-state index >= 15 is 0 Å². The van der Waals surface area contributed by atoms with Gasteiger partial charge in [-0.3, -0.25) is 4.98 Å². The Morgan fingerprint density at radius 1 is 1.06 bits per heavy atom. The Bertz CT molecular complexity index is 620. The van der Waals surface area contributed by atoms with Crippen LogP contribution in [-0.4, -0.2) is 4.98 Å². The molecule has 0 bridgehead atoms. The lowest BCUT2D eigenvalue weighted by Crippen LogP contribution is -1.99. The number of aromatic nitrogens is 1. The van der Waals surface area contributed by atoms with E-state index in [1.807, 2.05) is 12.1 Å². The van der Waals surface area contributed by atoms with Crippen molar-refractivity contribution in [3.05, 3.63) is 39.0 Å². The molecule has 18 heavy (non-hydrogen) atoms. The van der Waals surface area contributed by atoms with Crippen molar-refractivity contribution in [2.24, 2.45) is 0 Å². The van der Waals surface area contributed by atoms with Gasteiger partial charge >= 0.3 is 0 Å². The molecule has 0 saturated heterocycles. The summed E-state index contributed by atoms with van der Waals surface area (Å²) < 4.78 is 0. The van der Waals surface area contributed by atoms with Crippen LogP contribution in [0.2, 0.25) is 10.0 Å². The Morgan fingerprint density at radius 2 is 1.83 bits per heavy atom. The van der Waals surface area contributed by atoms with E-state index in [0.29, 0.717) is 5.02 Å². The molecule has 0 N–H and O–H groups in total. The summed E-state index contributed by atoms with van der Waals surface area (Å²) in [5.74, 6) is 0. The van der Waals surface area contributed by atoms with Gasteiger partial charge in [-0.05, 0) is 49.8 Å². The zero-order valence-corrected chi connectivity index (χ0v) is 11.9. The van der Waals surface area contributed by atoms with Gasteiger partial charge in [0.1, 0.15) is 0 Å². The lowest BCUT2D eigenvalue weighted by molar-refractivity contribution is 0.709. The molecule has 1 aliphatic rings. The molecule has 1 aromatic carbocycles. The number of hydrogen-bond donors (Lipinski definition) is 0. The van der Waals surface area contributed by atoms with Gasteiger partial charge in [0.2, 0.25) is 0 Å². The lowest BCUT2D eigenvalue weighted by atomic mass is 10.0. The number of hydrogen-bond acceptors (Lipinski definition) is 1. The summed E-state index contributed by atoms with van der Waals surface area (Å²) in [5, 5.41) is 2.60. The van der Waals surface area contributed by atoms with E-state index in [4.69, 9.17) is 28.2 Å². The maximum atomic E-state index is 6.61. The van der Waals surface area contributed by atoms with Crippen LogP contribution in [0, 0.1) is 6.92 Å². The molecule has 0 saturated carbocycles. The first-order valence-electron chi connectivity index (χ1n) is 6.44. The Labute approximate surface area is 117 Å². The topological polar surface area (TPSA) is 12.9 Å². The van der Waals surface area contributed by atoms with Crippen LogP contribution in [0.15, 0.2) is 12.1 Å². The summed E-state index contributed by atoms with van der Waals surface area (Å²) in [5.41, 5.74) is 4.41. The number of rotatable bonds is 0. The third-order valence-electron chi connectivity index (χ3n) is 3.76. The van der Waals surface area contributed by atoms with Gasteiger partial charge in [-0.15, -0.1) is 0 Å². The summed E-state index contributed by atoms with van der Waals surface area (Å²) in [6, 6.07) is 3.92. The first kappa shape index (κ1) is 12.3. The molecule has 94 valence electrons. The van der Waals surface area contributed by atoms with Crippen molar-refractivity contribution in [3.63, 3.8) is 0 Å². The van der Waals surface area contributed by atoms with E-state index in [-0.39, 0.29) is 0 Å². The Morgan fingerprint density at radius 3 is 2.67 bits per heavy atom. The van der Waals surface area contributed by atoms with Crippen LogP contribution in [0.25, 0.3) is 10.9 Å². The highest BCUT2D eigenvalue weighted by Crippen LogP contribution is 2.36. The predicted octanol–water partition coefficient (Wildman–Crippen LogP) is 5.12. The van der Waals surface area contributed by atoms with Crippen molar-refractivity contribution in [3.8, 4) is 0 Å². The zero-order valence-electron chi connectivity index (χ0n) is 10.4.